The molecule has 1 saturated carbocycles. The molecule has 9 heteroatoms. The van der Waals surface area contributed by atoms with Crippen molar-refractivity contribution >= 4 is 16.7 Å². The second kappa shape index (κ2) is 9.11. The summed E-state index contributed by atoms with van der Waals surface area (Å²) in [5.41, 5.74) is 0.789. The number of benzene rings is 1. The summed E-state index contributed by atoms with van der Waals surface area (Å²) in [6.07, 6.45) is 9.39. The van der Waals surface area contributed by atoms with Gasteiger partial charge in [0.05, 0.1) is 12.0 Å². The number of rotatable bonds is 6. The lowest BCUT2D eigenvalue weighted by Gasteiger charge is -2.33. The molecule has 36 heavy (non-hydrogen) atoms. The second-order valence-corrected chi connectivity index (χ2v) is 9.95. The molecule has 1 aliphatic heterocycles. The Labute approximate surface area is 208 Å². The van der Waals surface area contributed by atoms with Crippen molar-refractivity contribution in [2.75, 3.05) is 24.6 Å². The molecule has 186 valence electrons. The fraction of sp³-hybridized carbons (Fsp3) is 0.407. The number of hydrogen-bond donors (Lipinski definition) is 0. The summed E-state index contributed by atoms with van der Waals surface area (Å²) in [5.74, 6) is 1.54. The Bertz CT molecular complexity index is 1410. The first-order valence-electron chi connectivity index (χ1n) is 12.4. The van der Waals surface area contributed by atoms with Crippen LogP contribution < -0.4 is 9.64 Å². The first kappa shape index (κ1) is 22.8. The van der Waals surface area contributed by atoms with Crippen molar-refractivity contribution in [2.24, 2.45) is 18.9 Å². The molecule has 2 bridgehead atoms. The van der Waals surface area contributed by atoms with E-state index in [0.717, 1.165) is 18.9 Å². The van der Waals surface area contributed by atoms with Gasteiger partial charge in [-0.1, -0.05) is 12.1 Å². The molecular weight excluding hydrogens is 462 g/mol. The smallest absolute Gasteiger partial charge is 0.319 e. The Morgan fingerprint density at radius 1 is 1.08 bits per heavy atom. The van der Waals surface area contributed by atoms with E-state index in [0.29, 0.717) is 41.6 Å². The topological polar surface area (TPSA) is 69.0 Å². The molecule has 1 saturated heterocycles. The van der Waals surface area contributed by atoms with Crippen LogP contribution in [0.2, 0.25) is 0 Å². The van der Waals surface area contributed by atoms with Crippen molar-refractivity contribution in [2.45, 2.75) is 32.6 Å². The number of aryl methyl sites for hydroxylation is 2. The average molecular weight is 491 g/mol. The van der Waals surface area contributed by atoms with Gasteiger partial charge in [-0.2, -0.15) is 9.97 Å². The fourth-order valence-electron chi connectivity index (χ4n) is 5.69. The summed E-state index contributed by atoms with van der Waals surface area (Å²) in [6.45, 7) is 3.77. The summed E-state index contributed by atoms with van der Waals surface area (Å²) in [5, 5.41) is 0.517. The van der Waals surface area contributed by atoms with Crippen LogP contribution in [-0.4, -0.2) is 44.2 Å². The van der Waals surface area contributed by atoms with E-state index in [1.165, 1.54) is 25.3 Å². The molecule has 1 aromatic carbocycles. The van der Waals surface area contributed by atoms with E-state index in [4.69, 9.17) is 9.72 Å². The first-order valence-corrected chi connectivity index (χ1v) is 12.4. The van der Waals surface area contributed by atoms with Gasteiger partial charge in [-0.25, -0.2) is 13.8 Å². The molecule has 7 nitrogen and oxygen atoms in total. The van der Waals surface area contributed by atoms with Gasteiger partial charge in [0, 0.05) is 50.7 Å². The minimum Gasteiger partial charge on any atom is -0.463 e. The zero-order valence-corrected chi connectivity index (χ0v) is 20.4. The number of piperidine rings is 1. The molecule has 0 amide bonds. The lowest BCUT2D eigenvalue weighted by atomic mass is 9.98. The number of imidazole rings is 1. The zero-order valence-electron chi connectivity index (χ0n) is 20.4. The van der Waals surface area contributed by atoms with Crippen LogP contribution in [0.15, 0.2) is 36.8 Å². The van der Waals surface area contributed by atoms with Gasteiger partial charge in [-0.15, -0.1) is 0 Å². The molecular formula is C27H28F2N6O. The van der Waals surface area contributed by atoms with Crippen molar-refractivity contribution < 1.29 is 13.5 Å². The lowest BCUT2D eigenvalue weighted by Crippen LogP contribution is -2.37. The third-order valence-electron chi connectivity index (χ3n) is 7.49. The van der Waals surface area contributed by atoms with Crippen LogP contribution in [0.5, 0.6) is 6.01 Å². The van der Waals surface area contributed by atoms with E-state index in [-0.39, 0.29) is 22.8 Å². The number of ether oxygens (including phenoxy) is 1. The minimum atomic E-state index is -0.668. The SMILES string of the molecule is Cc1cccc(F)c1-c1ncc2c(N3CC4CCC(C4)C3)nc(OCCc3nccn3C)nc2c1F. The zero-order chi connectivity index (χ0) is 24.8. The maximum atomic E-state index is 16.0. The van der Waals surface area contributed by atoms with Gasteiger partial charge >= 0.3 is 6.01 Å². The molecule has 2 fully saturated rings. The van der Waals surface area contributed by atoms with Crippen molar-refractivity contribution in [3.8, 4) is 17.3 Å². The molecule has 0 spiro atoms. The number of pyridine rings is 1. The van der Waals surface area contributed by atoms with Crippen molar-refractivity contribution in [3.05, 3.63) is 59.8 Å². The summed E-state index contributed by atoms with van der Waals surface area (Å²) in [6, 6.07) is 4.76. The predicted octanol–water partition coefficient (Wildman–Crippen LogP) is 4.87. The third kappa shape index (κ3) is 4.06. The third-order valence-corrected chi connectivity index (χ3v) is 7.49. The molecule has 0 N–H and O–H groups in total. The summed E-state index contributed by atoms with van der Waals surface area (Å²) in [7, 11) is 1.92. The van der Waals surface area contributed by atoms with Gasteiger partial charge in [0.25, 0.3) is 0 Å². The molecule has 4 aromatic rings. The van der Waals surface area contributed by atoms with E-state index in [2.05, 4.69) is 19.9 Å². The maximum absolute atomic E-state index is 16.0. The molecule has 2 unspecified atom stereocenters. The number of anilines is 1. The lowest BCUT2D eigenvalue weighted by molar-refractivity contribution is 0.293. The van der Waals surface area contributed by atoms with Crippen molar-refractivity contribution in [3.63, 3.8) is 0 Å². The number of halogens is 2. The van der Waals surface area contributed by atoms with E-state index >= 15 is 4.39 Å². The number of aromatic nitrogens is 5. The summed E-state index contributed by atoms with van der Waals surface area (Å²) < 4.78 is 38.6. The van der Waals surface area contributed by atoms with Gasteiger partial charge in [-0.3, -0.25) is 4.98 Å². The van der Waals surface area contributed by atoms with Crippen LogP contribution in [0.4, 0.5) is 14.6 Å². The molecule has 2 atom stereocenters. The van der Waals surface area contributed by atoms with E-state index in [1.54, 1.807) is 31.5 Å². The maximum Gasteiger partial charge on any atom is 0.319 e. The quantitative estimate of drug-likeness (QED) is 0.384. The molecule has 0 radical (unpaired) electrons. The Kier molecular flexibility index (Phi) is 5.78. The summed E-state index contributed by atoms with van der Waals surface area (Å²) in [4.78, 5) is 20.1. The molecule has 1 aliphatic carbocycles. The van der Waals surface area contributed by atoms with Gasteiger partial charge in [0.2, 0.25) is 0 Å². The van der Waals surface area contributed by atoms with Crippen LogP contribution in [0.3, 0.4) is 0 Å². The summed E-state index contributed by atoms with van der Waals surface area (Å²) >= 11 is 0. The highest BCUT2D eigenvalue weighted by molar-refractivity contribution is 5.92. The van der Waals surface area contributed by atoms with E-state index in [9.17, 15) is 4.39 Å². The Balaban J connectivity index is 1.42. The highest BCUT2D eigenvalue weighted by atomic mass is 19.1. The van der Waals surface area contributed by atoms with Gasteiger partial charge in [0.15, 0.2) is 5.82 Å². The van der Waals surface area contributed by atoms with E-state index < -0.39 is 11.6 Å². The number of nitrogens with zero attached hydrogens (tertiary/aromatic N) is 6. The molecule has 3 aromatic heterocycles. The second-order valence-electron chi connectivity index (χ2n) is 9.95. The highest BCUT2D eigenvalue weighted by Gasteiger charge is 2.34. The number of hydrogen-bond acceptors (Lipinski definition) is 6. The average Bonchev–Trinajstić information content (AvgIpc) is 3.43. The normalized spacial score (nSPS) is 19.3. The fourth-order valence-corrected chi connectivity index (χ4v) is 5.69. The largest absolute Gasteiger partial charge is 0.463 e. The van der Waals surface area contributed by atoms with Crippen LogP contribution in [0, 0.1) is 30.4 Å². The van der Waals surface area contributed by atoms with Gasteiger partial charge in [0.1, 0.15) is 28.7 Å². The van der Waals surface area contributed by atoms with Crippen molar-refractivity contribution in [1.29, 1.82) is 0 Å². The first-order chi connectivity index (χ1) is 17.5. The van der Waals surface area contributed by atoms with Crippen molar-refractivity contribution in [1.82, 2.24) is 24.5 Å². The minimum absolute atomic E-state index is 0.0552. The van der Waals surface area contributed by atoms with Gasteiger partial charge in [-0.05, 0) is 49.7 Å². The molecule has 2 aliphatic rings. The van der Waals surface area contributed by atoms with Crippen LogP contribution >= 0.6 is 0 Å². The Morgan fingerprint density at radius 3 is 2.61 bits per heavy atom. The highest BCUT2D eigenvalue weighted by Crippen LogP contribution is 2.40. The predicted molar refractivity (Wildman–Crippen MR) is 133 cm³/mol. The Morgan fingerprint density at radius 2 is 1.89 bits per heavy atom. The van der Waals surface area contributed by atoms with Crippen LogP contribution in [-0.2, 0) is 13.5 Å². The van der Waals surface area contributed by atoms with E-state index in [1.807, 2.05) is 17.8 Å². The molecule has 4 heterocycles. The Hall–Kier alpha value is -3.62. The standard InChI is InChI=1S/C27H28F2N6O/c1-16-4-3-5-20(28)22(16)25-23(29)24-19(13-31-25)26(35-14-17-6-7-18(12-17)15-35)33-27(32-24)36-11-8-21-30-9-10-34(21)2/h3-5,9-10,13,17-18H,6-8,11-12,14-15H2,1-2H3. The van der Waals surface area contributed by atoms with Crippen LogP contribution in [0.25, 0.3) is 22.2 Å². The van der Waals surface area contributed by atoms with Gasteiger partial charge < -0.3 is 14.2 Å². The molecule has 6 rings (SSSR count). The number of fused-ring (bicyclic) bond motifs is 3. The van der Waals surface area contributed by atoms with Crippen LogP contribution in [0.1, 0.15) is 30.7 Å². The monoisotopic (exact) mass is 490 g/mol.